The summed E-state index contributed by atoms with van der Waals surface area (Å²) in [4.78, 5) is 20.5. The number of ether oxygens (including phenoxy) is 1. The first-order valence-electron chi connectivity index (χ1n) is 6.99. The molecule has 3 rings (SSSR count). The third kappa shape index (κ3) is 3.99. The minimum Gasteiger partial charge on any atom is -0.494 e. The number of hydrogen-bond donors (Lipinski definition) is 2. The Morgan fingerprint density at radius 2 is 2.30 bits per heavy atom. The molecule has 3 aromatic rings. The molecule has 2 aromatic heterocycles. The van der Waals surface area contributed by atoms with E-state index in [0.717, 1.165) is 21.8 Å². The van der Waals surface area contributed by atoms with Crippen LogP contribution in [0, 0.1) is 6.92 Å². The third-order valence-electron chi connectivity index (χ3n) is 2.83. The van der Waals surface area contributed by atoms with Crippen molar-refractivity contribution in [2.45, 2.75) is 19.0 Å². The molecule has 0 saturated heterocycles. The van der Waals surface area contributed by atoms with Crippen molar-refractivity contribution < 1.29 is 9.53 Å². The van der Waals surface area contributed by atoms with Gasteiger partial charge in [0.05, 0.1) is 22.6 Å². The van der Waals surface area contributed by atoms with E-state index >= 15 is 0 Å². The molecule has 1 aromatic carbocycles. The van der Waals surface area contributed by atoms with E-state index in [4.69, 9.17) is 4.74 Å². The molecule has 0 atom stereocenters. The largest absolute Gasteiger partial charge is 0.494 e. The van der Waals surface area contributed by atoms with Gasteiger partial charge < -0.3 is 10.1 Å². The zero-order valence-corrected chi connectivity index (χ0v) is 14.3. The van der Waals surface area contributed by atoms with Crippen LogP contribution < -0.4 is 10.1 Å². The second-order valence-electron chi connectivity index (χ2n) is 4.62. The van der Waals surface area contributed by atoms with Crippen LogP contribution in [0.25, 0.3) is 10.2 Å². The van der Waals surface area contributed by atoms with Gasteiger partial charge in [0, 0.05) is 0 Å². The fourth-order valence-corrected chi connectivity index (χ4v) is 3.44. The molecule has 0 aliphatic carbocycles. The van der Waals surface area contributed by atoms with Crippen molar-refractivity contribution in [1.82, 2.24) is 20.2 Å². The van der Waals surface area contributed by atoms with Crippen LogP contribution in [0.2, 0.25) is 0 Å². The van der Waals surface area contributed by atoms with Gasteiger partial charge in [-0.3, -0.25) is 9.89 Å². The second kappa shape index (κ2) is 6.97. The Hall–Kier alpha value is -2.13. The monoisotopic (exact) mass is 349 g/mol. The highest BCUT2D eigenvalue weighted by atomic mass is 32.2. The van der Waals surface area contributed by atoms with Crippen LogP contribution in [0.1, 0.15) is 12.7 Å². The molecule has 0 fully saturated rings. The number of hydrogen-bond acceptors (Lipinski definition) is 7. The Balaban J connectivity index is 1.62. The lowest BCUT2D eigenvalue weighted by atomic mass is 10.3. The van der Waals surface area contributed by atoms with Gasteiger partial charge in [-0.25, -0.2) is 9.97 Å². The van der Waals surface area contributed by atoms with Gasteiger partial charge in [-0.05, 0) is 32.0 Å². The van der Waals surface area contributed by atoms with Crippen molar-refractivity contribution in [3.8, 4) is 5.75 Å². The Morgan fingerprint density at radius 1 is 1.43 bits per heavy atom. The molecule has 0 radical (unpaired) electrons. The number of anilines is 1. The van der Waals surface area contributed by atoms with Crippen LogP contribution in [-0.2, 0) is 4.79 Å². The summed E-state index contributed by atoms with van der Waals surface area (Å²) < 4.78 is 6.44. The predicted molar refractivity (Wildman–Crippen MR) is 91.3 cm³/mol. The standard InChI is InChI=1S/C14H15N5O2S2/c1-3-21-9-4-5-10-11(6-9)23-13(16-10)17-12(20)7-22-14-15-8(2)18-19-14/h4-6H,3,7H2,1-2H3,(H,15,18,19)(H,16,17,20). The van der Waals surface area contributed by atoms with Crippen molar-refractivity contribution in [3.63, 3.8) is 0 Å². The number of aromatic nitrogens is 4. The van der Waals surface area contributed by atoms with Crippen LogP contribution in [0.15, 0.2) is 23.4 Å². The van der Waals surface area contributed by atoms with Crippen molar-refractivity contribution in [2.24, 2.45) is 0 Å². The molecule has 0 spiro atoms. The topological polar surface area (TPSA) is 92.8 Å². The molecule has 9 heteroatoms. The average molecular weight is 349 g/mol. The number of rotatable bonds is 6. The van der Waals surface area contributed by atoms with Gasteiger partial charge >= 0.3 is 0 Å². The minimum atomic E-state index is -0.137. The lowest BCUT2D eigenvalue weighted by molar-refractivity contribution is -0.113. The van der Waals surface area contributed by atoms with Crippen LogP contribution in [0.3, 0.4) is 0 Å². The van der Waals surface area contributed by atoms with Crippen molar-refractivity contribution >= 4 is 44.4 Å². The van der Waals surface area contributed by atoms with E-state index in [-0.39, 0.29) is 11.7 Å². The van der Waals surface area contributed by atoms with Gasteiger partial charge in [0.15, 0.2) is 5.13 Å². The summed E-state index contributed by atoms with van der Waals surface area (Å²) in [6, 6.07) is 5.69. The van der Waals surface area contributed by atoms with Gasteiger partial charge in [0.2, 0.25) is 11.1 Å². The molecular weight excluding hydrogens is 334 g/mol. The van der Waals surface area contributed by atoms with Crippen molar-refractivity contribution in [2.75, 3.05) is 17.7 Å². The first kappa shape index (κ1) is 15.8. The summed E-state index contributed by atoms with van der Waals surface area (Å²) in [7, 11) is 0. The van der Waals surface area contributed by atoms with E-state index in [1.807, 2.05) is 32.0 Å². The van der Waals surface area contributed by atoms with Crippen LogP contribution >= 0.6 is 23.1 Å². The number of benzene rings is 1. The molecular formula is C14H15N5O2S2. The van der Waals surface area contributed by atoms with E-state index < -0.39 is 0 Å². The summed E-state index contributed by atoms with van der Waals surface area (Å²) in [5, 5.41) is 10.7. The van der Waals surface area contributed by atoms with Crippen molar-refractivity contribution in [1.29, 1.82) is 0 Å². The zero-order valence-electron chi connectivity index (χ0n) is 12.6. The fourth-order valence-electron chi connectivity index (χ4n) is 1.89. The number of carbonyl (C=O) groups is 1. The van der Waals surface area contributed by atoms with Gasteiger partial charge in [-0.15, -0.1) is 5.10 Å². The normalized spacial score (nSPS) is 10.9. The number of aryl methyl sites for hydroxylation is 1. The maximum atomic E-state index is 12.0. The maximum absolute atomic E-state index is 12.0. The number of fused-ring (bicyclic) bond motifs is 1. The van der Waals surface area contributed by atoms with E-state index in [2.05, 4.69) is 25.5 Å². The molecule has 2 N–H and O–H groups in total. The van der Waals surface area contributed by atoms with Gasteiger partial charge in [0.25, 0.3) is 0 Å². The molecule has 1 amide bonds. The number of nitrogens with one attached hydrogen (secondary N) is 2. The second-order valence-corrected chi connectivity index (χ2v) is 6.59. The Kier molecular flexibility index (Phi) is 4.77. The lowest BCUT2D eigenvalue weighted by Crippen LogP contribution is -2.13. The molecule has 0 aliphatic rings. The zero-order chi connectivity index (χ0) is 16.2. The molecule has 0 saturated carbocycles. The molecule has 7 nitrogen and oxygen atoms in total. The summed E-state index contributed by atoms with van der Waals surface area (Å²) in [6.45, 7) is 4.37. The quantitative estimate of drug-likeness (QED) is 0.665. The predicted octanol–water partition coefficient (Wildman–Crippen LogP) is 2.85. The number of H-pyrrole nitrogens is 1. The molecule has 0 bridgehead atoms. The van der Waals surface area contributed by atoms with Gasteiger partial charge in [-0.1, -0.05) is 23.1 Å². The number of thiazole rings is 1. The number of aromatic amines is 1. The van der Waals surface area contributed by atoms with E-state index in [1.165, 1.54) is 23.1 Å². The number of amides is 1. The highest BCUT2D eigenvalue weighted by molar-refractivity contribution is 7.99. The van der Waals surface area contributed by atoms with Crippen LogP contribution in [0.5, 0.6) is 5.75 Å². The fraction of sp³-hybridized carbons (Fsp3) is 0.286. The SMILES string of the molecule is CCOc1ccc2nc(NC(=O)CSc3n[nH]c(C)n3)sc2c1. The first-order chi connectivity index (χ1) is 11.1. The van der Waals surface area contributed by atoms with Gasteiger partial charge in [0.1, 0.15) is 11.6 Å². The molecule has 2 heterocycles. The maximum Gasteiger partial charge on any atom is 0.236 e. The number of carbonyl (C=O) groups excluding carboxylic acids is 1. The van der Waals surface area contributed by atoms with Gasteiger partial charge in [-0.2, -0.15) is 0 Å². The van der Waals surface area contributed by atoms with Crippen molar-refractivity contribution in [3.05, 3.63) is 24.0 Å². The number of nitrogens with zero attached hydrogens (tertiary/aromatic N) is 3. The molecule has 0 unspecified atom stereocenters. The summed E-state index contributed by atoms with van der Waals surface area (Å²) in [5.74, 6) is 1.63. The Bertz CT molecular complexity index is 830. The van der Waals surface area contributed by atoms with E-state index in [1.54, 1.807) is 0 Å². The average Bonchev–Trinajstić information content (AvgIpc) is 3.10. The number of thioether (sulfide) groups is 1. The molecule has 23 heavy (non-hydrogen) atoms. The third-order valence-corrected chi connectivity index (χ3v) is 4.61. The smallest absolute Gasteiger partial charge is 0.236 e. The molecule has 0 aliphatic heterocycles. The minimum absolute atomic E-state index is 0.137. The highest BCUT2D eigenvalue weighted by Crippen LogP contribution is 2.29. The lowest BCUT2D eigenvalue weighted by Gasteiger charge is -2.00. The summed E-state index contributed by atoms with van der Waals surface area (Å²) in [6.07, 6.45) is 0. The Labute approximate surface area is 140 Å². The first-order valence-corrected chi connectivity index (χ1v) is 8.79. The van der Waals surface area contributed by atoms with E-state index in [0.29, 0.717) is 16.9 Å². The van der Waals surface area contributed by atoms with Crippen LogP contribution in [0.4, 0.5) is 5.13 Å². The molecule has 120 valence electrons. The summed E-state index contributed by atoms with van der Waals surface area (Å²) >= 11 is 2.70. The Morgan fingerprint density at radius 3 is 3.04 bits per heavy atom. The highest BCUT2D eigenvalue weighted by Gasteiger charge is 2.10. The summed E-state index contributed by atoms with van der Waals surface area (Å²) in [5.41, 5.74) is 0.839. The van der Waals surface area contributed by atoms with E-state index in [9.17, 15) is 4.79 Å². The van der Waals surface area contributed by atoms with Crippen LogP contribution in [-0.4, -0.2) is 38.4 Å².